The molecule has 0 amide bonds. The van der Waals surface area contributed by atoms with E-state index in [9.17, 15) is 13.2 Å². The largest absolute Gasteiger partial charge is 0.454 e. The van der Waals surface area contributed by atoms with Crippen LogP contribution in [-0.4, -0.2) is 26.0 Å². The zero-order valence-corrected chi connectivity index (χ0v) is 18.3. The highest BCUT2D eigenvalue weighted by Crippen LogP contribution is 2.40. The minimum Gasteiger partial charge on any atom is -0.454 e. The van der Waals surface area contributed by atoms with E-state index < -0.39 is 15.6 Å². The minimum absolute atomic E-state index is 0.0171. The summed E-state index contributed by atoms with van der Waals surface area (Å²) in [4.78, 5) is 17.9. The van der Waals surface area contributed by atoms with Crippen molar-refractivity contribution < 1.29 is 22.7 Å². The Morgan fingerprint density at radius 1 is 0.906 bits per heavy atom. The lowest BCUT2D eigenvalue weighted by Crippen LogP contribution is -2.13. The number of aromatic nitrogens is 1. The Hall–Kier alpha value is -3.71. The molecule has 0 fully saturated rings. The number of pyridine rings is 1. The summed E-state index contributed by atoms with van der Waals surface area (Å²) in [5, 5.41) is 0.313. The molecule has 1 aliphatic rings. The number of hydrogen-bond donors (Lipinski definition) is 0. The molecule has 1 aromatic heterocycles. The first-order valence-corrected chi connectivity index (χ1v) is 11.5. The van der Waals surface area contributed by atoms with Crippen LogP contribution in [0.2, 0.25) is 0 Å². The van der Waals surface area contributed by atoms with Gasteiger partial charge >= 0.3 is 0 Å². The second kappa shape index (κ2) is 7.46. The Labute approximate surface area is 185 Å². The molecule has 3 aromatic carbocycles. The van der Waals surface area contributed by atoms with Crippen LogP contribution >= 0.6 is 0 Å². The molecule has 0 bridgehead atoms. The summed E-state index contributed by atoms with van der Waals surface area (Å²) in [6.07, 6.45) is 1.33. The van der Waals surface area contributed by atoms with Crippen LogP contribution in [0.25, 0.3) is 10.9 Å². The smallest absolute Gasteiger partial charge is 0.231 e. The van der Waals surface area contributed by atoms with E-state index in [0.717, 1.165) is 11.1 Å². The van der Waals surface area contributed by atoms with E-state index in [1.54, 1.807) is 42.5 Å². The number of carbonyl (C=O) groups is 1. The zero-order valence-electron chi connectivity index (χ0n) is 17.5. The first-order valence-electron chi connectivity index (χ1n) is 10.0. The average Bonchev–Trinajstić information content (AvgIpc) is 3.26. The Kier molecular flexibility index (Phi) is 4.71. The molecule has 0 atom stereocenters. The number of rotatable bonds is 4. The molecular weight excluding hydrogens is 426 g/mol. The number of aryl methyl sites for hydroxylation is 2. The van der Waals surface area contributed by atoms with Crippen LogP contribution in [0.5, 0.6) is 11.5 Å². The predicted molar refractivity (Wildman–Crippen MR) is 119 cm³/mol. The lowest BCUT2D eigenvalue weighted by molar-refractivity contribution is 0.103. The van der Waals surface area contributed by atoms with E-state index in [2.05, 4.69) is 4.98 Å². The van der Waals surface area contributed by atoms with Gasteiger partial charge in [-0.05, 0) is 49.2 Å². The molecule has 32 heavy (non-hydrogen) atoms. The lowest BCUT2D eigenvalue weighted by atomic mass is 9.99. The van der Waals surface area contributed by atoms with Crippen molar-refractivity contribution >= 4 is 26.5 Å². The van der Waals surface area contributed by atoms with Gasteiger partial charge in [-0.3, -0.25) is 9.78 Å². The van der Waals surface area contributed by atoms with Crippen molar-refractivity contribution in [3.8, 4) is 11.5 Å². The molecule has 1 aliphatic heterocycles. The number of nitrogens with zero attached hydrogens (tertiary/aromatic N) is 1. The second-order valence-corrected chi connectivity index (χ2v) is 9.55. The highest BCUT2D eigenvalue weighted by atomic mass is 32.2. The quantitative estimate of drug-likeness (QED) is 0.426. The fraction of sp³-hybridized carbons (Fsp3) is 0.120. The fourth-order valence-electron chi connectivity index (χ4n) is 3.76. The highest BCUT2D eigenvalue weighted by Gasteiger charge is 2.30. The number of hydrogen-bond acceptors (Lipinski definition) is 6. The van der Waals surface area contributed by atoms with Crippen LogP contribution in [-0.2, 0) is 9.84 Å². The minimum atomic E-state index is -4.04. The van der Waals surface area contributed by atoms with Crippen LogP contribution in [0.4, 0.5) is 0 Å². The summed E-state index contributed by atoms with van der Waals surface area (Å²) in [6.45, 7) is 3.91. The third kappa shape index (κ3) is 3.22. The van der Waals surface area contributed by atoms with Gasteiger partial charge in [0.15, 0.2) is 17.3 Å². The van der Waals surface area contributed by atoms with E-state index in [0.29, 0.717) is 28.0 Å². The van der Waals surface area contributed by atoms with Gasteiger partial charge < -0.3 is 9.47 Å². The molecule has 2 heterocycles. The van der Waals surface area contributed by atoms with E-state index in [1.165, 1.54) is 18.3 Å². The van der Waals surface area contributed by atoms with Gasteiger partial charge in [-0.2, -0.15) is 0 Å². The first-order chi connectivity index (χ1) is 15.4. The summed E-state index contributed by atoms with van der Waals surface area (Å²) in [7, 11) is -4.04. The van der Waals surface area contributed by atoms with Crippen molar-refractivity contribution in [2.75, 3.05) is 6.79 Å². The van der Waals surface area contributed by atoms with Crippen LogP contribution in [0.15, 0.2) is 76.7 Å². The summed E-state index contributed by atoms with van der Waals surface area (Å²) in [6, 6.07) is 16.6. The molecule has 0 aliphatic carbocycles. The molecule has 7 heteroatoms. The van der Waals surface area contributed by atoms with E-state index in [1.807, 2.05) is 19.9 Å². The predicted octanol–water partition coefficient (Wildman–Crippen LogP) is 4.64. The molecule has 160 valence electrons. The average molecular weight is 445 g/mol. The molecular formula is C25H19NO5S. The Morgan fingerprint density at radius 3 is 2.34 bits per heavy atom. The SMILES string of the molecule is Cc1ccc(C(=O)c2cnc3cc4c(cc3c2S(=O)(=O)c2ccccc2)OCO4)cc1C. The highest BCUT2D eigenvalue weighted by molar-refractivity contribution is 7.91. The van der Waals surface area contributed by atoms with Gasteiger partial charge in [0.05, 0.1) is 20.9 Å². The zero-order chi connectivity index (χ0) is 22.5. The molecule has 0 N–H and O–H groups in total. The van der Waals surface area contributed by atoms with E-state index in [4.69, 9.17) is 9.47 Å². The maximum Gasteiger partial charge on any atom is 0.231 e. The van der Waals surface area contributed by atoms with E-state index in [-0.39, 0.29) is 22.1 Å². The number of fused-ring (bicyclic) bond motifs is 2. The van der Waals surface area contributed by atoms with E-state index >= 15 is 0 Å². The summed E-state index contributed by atoms with van der Waals surface area (Å²) < 4.78 is 38.4. The van der Waals surface area contributed by atoms with Crippen molar-refractivity contribution in [2.45, 2.75) is 23.6 Å². The summed E-state index contributed by atoms with van der Waals surface area (Å²) in [5.41, 5.74) is 2.81. The van der Waals surface area contributed by atoms with Crippen molar-refractivity contribution in [3.63, 3.8) is 0 Å². The third-order valence-corrected chi connectivity index (χ3v) is 7.52. The van der Waals surface area contributed by atoms with Crippen molar-refractivity contribution in [1.29, 1.82) is 0 Å². The third-order valence-electron chi connectivity index (χ3n) is 5.65. The Balaban J connectivity index is 1.81. The molecule has 0 saturated heterocycles. The van der Waals surface area contributed by atoms with Gasteiger partial charge in [0.2, 0.25) is 16.6 Å². The summed E-state index contributed by atoms with van der Waals surface area (Å²) >= 11 is 0. The number of benzene rings is 3. The van der Waals surface area contributed by atoms with Gasteiger partial charge in [0.25, 0.3) is 0 Å². The normalized spacial score (nSPS) is 12.8. The van der Waals surface area contributed by atoms with Crippen LogP contribution in [0, 0.1) is 13.8 Å². The molecule has 6 nitrogen and oxygen atoms in total. The van der Waals surface area contributed by atoms with Gasteiger partial charge in [0.1, 0.15) is 0 Å². The standard InChI is InChI=1S/C25H19NO5S/c1-15-8-9-17(10-16(15)2)24(27)20-13-26-21-12-23-22(30-14-31-23)11-19(21)25(20)32(28,29)18-6-4-3-5-7-18/h3-13H,14H2,1-2H3. The monoisotopic (exact) mass is 445 g/mol. The number of sulfone groups is 1. The van der Waals surface area contributed by atoms with Crippen molar-refractivity contribution in [1.82, 2.24) is 4.98 Å². The lowest BCUT2D eigenvalue weighted by Gasteiger charge is -2.14. The number of carbonyl (C=O) groups excluding carboxylic acids is 1. The van der Waals surface area contributed by atoms with Crippen LogP contribution < -0.4 is 9.47 Å². The first kappa shape index (κ1) is 20.2. The van der Waals surface area contributed by atoms with Gasteiger partial charge in [0, 0.05) is 23.2 Å². The van der Waals surface area contributed by atoms with Gasteiger partial charge in [-0.15, -0.1) is 0 Å². The summed E-state index contributed by atoms with van der Waals surface area (Å²) in [5.74, 6) is 0.496. The molecule has 0 radical (unpaired) electrons. The Bertz CT molecular complexity index is 1490. The fourth-order valence-corrected chi connectivity index (χ4v) is 5.40. The number of ether oxygens (including phenoxy) is 2. The maximum atomic E-state index is 13.8. The maximum absolute atomic E-state index is 13.8. The topological polar surface area (TPSA) is 82.6 Å². The van der Waals surface area contributed by atoms with Crippen LogP contribution in [0.1, 0.15) is 27.0 Å². The number of ketones is 1. The van der Waals surface area contributed by atoms with Crippen molar-refractivity contribution in [3.05, 3.63) is 89.1 Å². The van der Waals surface area contributed by atoms with Crippen molar-refractivity contribution in [2.24, 2.45) is 0 Å². The van der Waals surface area contributed by atoms with Gasteiger partial charge in [-0.1, -0.05) is 30.3 Å². The van der Waals surface area contributed by atoms with Crippen LogP contribution in [0.3, 0.4) is 0 Å². The molecule has 0 unspecified atom stereocenters. The molecule has 0 saturated carbocycles. The molecule has 5 rings (SSSR count). The molecule has 0 spiro atoms. The second-order valence-electron chi connectivity index (χ2n) is 7.67. The Morgan fingerprint density at radius 2 is 1.62 bits per heavy atom. The molecule has 4 aromatic rings. The van der Waals surface area contributed by atoms with Gasteiger partial charge in [-0.25, -0.2) is 8.42 Å².